The van der Waals surface area contributed by atoms with Gasteiger partial charge in [0, 0.05) is 17.3 Å². The molecule has 0 aromatic rings. The van der Waals surface area contributed by atoms with Crippen LogP contribution in [0, 0.1) is 0 Å². The maximum Gasteiger partial charge on any atom is 0.0244 e. The molecule has 0 atom stereocenters. The molecule has 0 amide bonds. The molecule has 2 fully saturated rings. The van der Waals surface area contributed by atoms with Gasteiger partial charge in [0.05, 0.1) is 0 Å². The van der Waals surface area contributed by atoms with Crippen molar-refractivity contribution in [2.45, 2.75) is 32.1 Å². The third kappa shape index (κ3) is 2.23. The number of hydrogen-bond acceptors (Lipinski definition) is 2. The van der Waals surface area contributed by atoms with Gasteiger partial charge < -0.3 is 0 Å². The zero-order valence-electron chi connectivity index (χ0n) is 7.47. The molecule has 1 saturated heterocycles. The lowest BCUT2D eigenvalue weighted by Crippen LogP contribution is -2.04. The molecule has 2 rings (SSSR count). The molecule has 2 heteroatoms. The van der Waals surface area contributed by atoms with Crippen LogP contribution < -0.4 is 0 Å². The Bertz CT molecular complexity index is 148. The molecule has 1 saturated carbocycles. The van der Waals surface area contributed by atoms with Crippen LogP contribution in [0.4, 0.5) is 0 Å². The van der Waals surface area contributed by atoms with Gasteiger partial charge in [0.2, 0.25) is 0 Å². The van der Waals surface area contributed by atoms with Gasteiger partial charge in [-0.25, -0.2) is 0 Å². The number of rotatable bonds is 0. The molecule has 0 spiro atoms. The van der Waals surface area contributed by atoms with Gasteiger partial charge in [-0.2, -0.15) is 11.8 Å². The Labute approximate surface area is 83.6 Å². The first-order valence-corrected chi connectivity index (χ1v) is 7.02. The van der Waals surface area contributed by atoms with Crippen molar-refractivity contribution in [2.75, 3.05) is 17.3 Å². The van der Waals surface area contributed by atoms with Crippen molar-refractivity contribution in [2.24, 2.45) is 0 Å². The minimum atomic E-state index is 1.32. The van der Waals surface area contributed by atoms with Gasteiger partial charge in [0.25, 0.3) is 0 Å². The summed E-state index contributed by atoms with van der Waals surface area (Å²) in [4.78, 5) is 1.74. The van der Waals surface area contributed by atoms with E-state index in [-0.39, 0.29) is 0 Å². The molecular weight excluding hydrogens is 184 g/mol. The van der Waals surface area contributed by atoms with Gasteiger partial charge in [-0.05, 0) is 30.6 Å². The maximum absolute atomic E-state index is 2.13. The van der Waals surface area contributed by atoms with E-state index in [1.54, 1.807) is 10.5 Å². The van der Waals surface area contributed by atoms with Crippen molar-refractivity contribution in [3.63, 3.8) is 0 Å². The molecule has 12 heavy (non-hydrogen) atoms. The Hall–Kier alpha value is 0.440. The van der Waals surface area contributed by atoms with E-state index < -0.39 is 0 Å². The quantitative estimate of drug-likeness (QED) is 0.585. The first-order valence-electron chi connectivity index (χ1n) is 4.88. The summed E-state index contributed by atoms with van der Waals surface area (Å²) in [5, 5.41) is 0. The van der Waals surface area contributed by atoms with Crippen molar-refractivity contribution in [3.05, 3.63) is 10.5 Å². The Kier molecular flexibility index (Phi) is 3.47. The van der Waals surface area contributed by atoms with Crippen LogP contribution in [0.1, 0.15) is 32.1 Å². The number of thioether (sulfide) groups is 2. The predicted octanol–water partition coefficient (Wildman–Crippen LogP) is 3.68. The van der Waals surface area contributed by atoms with E-state index in [1.165, 1.54) is 49.4 Å². The predicted molar refractivity (Wildman–Crippen MR) is 59.9 cm³/mol. The molecule has 68 valence electrons. The van der Waals surface area contributed by atoms with Crippen LogP contribution in [0.25, 0.3) is 0 Å². The van der Waals surface area contributed by atoms with E-state index >= 15 is 0 Å². The fourth-order valence-corrected chi connectivity index (χ4v) is 4.47. The zero-order valence-corrected chi connectivity index (χ0v) is 9.11. The lowest BCUT2D eigenvalue weighted by Gasteiger charge is -2.21. The van der Waals surface area contributed by atoms with E-state index in [0.717, 1.165) is 0 Å². The highest BCUT2D eigenvalue weighted by Crippen LogP contribution is 2.35. The number of allylic oxidation sites excluding steroid dienone is 1. The Morgan fingerprint density at radius 3 is 2.42 bits per heavy atom. The van der Waals surface area contributed by atoms with Crippen LogP contribution in [-0.4, -0.2) is 17.3 Å². The minimum absolute atomic E-state index is 1.32. The summed E-state index contributed by atoms with van der Waals surface area (Å²) >= 11 is 4.25. The summed E-state index contributed by atoms with van der Waals surface area (Å²) in [6, 6.07) is 0. The Morgan fingerprint density at radius 2 is 1.75 bits per heavy atom. The molecule has 1 heterocycles. The monoisotopic (exact) mass is 200 g/mol. The van der Waals surface area contributed by atoms with E-state index in [2.05, 4.69) is 23.5 Å². The average molecular weight is 200 g/mol. The highest BCUT2D eigenvalue weighted by Gasteiger charge is 2.14. The van der Waals surface area contributed by atoms with Crippen LogP contribution in [-0.2, 0) is 0 Å². The second-order valence-corrected chi connectivity index (χ2v) is 5.78. The Balaban J connectivity index is 2.00. The molecule has 2 aliphatic rings. The van der Waals surface area contributed by atoms with Gasteiger partial charge in [0.1, 0.15) is 0 Å². The number of hydrogen-bond donors (Lipinski definition) is 0. The molecule has 0 nitrogen and oxygen atoms in total. The molecule has 0 N–H and O–H groups in total. The van der Waals surface area contributed by atoms with Gasteiger partial charge in [-0.3, -0.25) is 0 Å². The lowest BCUT2D eigenvalue weighted by atomic mass is 9.95. The smallest absolute Gasteiger partial charge is 0.0244 e. The largest absolute Gasteiger partial charge is 0.156 e. The maximum atomic E-state index is 2.13. The van der Waals surface area contributed by atoms with Gasteiger partial charge in [-0.1, -0.05) is 12.0 Å². The highest BCUT2D eigenvalue weighted by molar-refractivity contribution is 8.09. The van der Waals surface area contributed by atoms with Crippen LogP contribution in [0.5, 0.6) is 0 Å². The zero-order chi connectivity index (χ0) is 8.23. The van der Waals surface area contributed by atoms with Crippen LogP contribution in [0.2, 0.25) is 0 Å². The van der Waals surface area contributed by atoms with Gasteiger partial charge in [-0.15, -0.1) is 11.8 Å². The Morgan fingerprint density at radius 1 is 0.917 bits per heavy atom. The molecule has 0 radical (unpaired) electrons. The molecule has 0 aromatic carbocycles. The van der Waals surface area contributed by atoms with Gasteiger partial charge >= 0.3 is 0 Å². The van der Waals surface area contributed by atoms with Crippen LogP contribution in [0.15, 0.2) is 10.5 Å². The third-order valence-corrected chi connectivity index (χ3v) is 5.21. The second kappa shape index (κ2) is 4.61. The standard InChI is InChI=1S/C10H16S2/c1-2-4-9(5-3-1)10-8-11-6-7-12-10/h1-8H2. The van der Waals surface area contributed by atoms with Crippen LogP contribution in [0.3, 0.4) is 0 Å². The normalized spacial score (nSPS) is 26.0. The van der Waals surface area contributed by atoms with Crippen molar-refractivity contribution < 1.29 is 0 Å². The fourth-order valence-electron chi connectivity index (χ4n) is 1.89. The van der Waals surface area contributed by atoms with Crippen molar-refractivity contribution in [1.82, 2.24) is 0 Å². The highest BCUT2D eigenvalue weighted by atomic mass is 32.2. The minimum Gasteiger partial charge on any atom is -0.156 e. The second-order valence-electron chi connectivity index (χ2n) is 3.49. The first-order chi connectivity index (χ1) is 5.97. The summed E-state index contributed by atoms with van der Waals surface area (Å²) in [5.74, 6) is 4.03. The van der Waals surface area contributed by atoms with Crippen molar-refractivity contribution in [3.8, 4) is 0 Å². The summed E-state index contributed by atoms with van der Waals surface area (Å²) < 4.78 is 0. The van der Waals surface area contributed by atoms with Crippen molar-refractivity contribution in [1.29, 1.82) is 0 Å². The van der Waals surface area contributed by atoms with Gasteiger partial charge in [0.15, 0.2) is 0 Å². The van der Waals surface area contributed by atoms with E-state index in [4.69, 9.17) is 0 Å². The SMILES string of the molecule is C1CCC(=C2CSCCS2)CC1. The average Bonchev–Trinajstić information content (AvgIpc) is 2.21. The molecular formula is C10H16S2. The molecule has 0 bridgehead atoms. The van der Waals surface area contributed by atoms with Crippen LogP contribution >= 0.6 is 23.5 Å². The fraction of sp³-hybridized carbons (Fsp3) is 0.800. The topological polar surface area (TPSA) is 0 Å². The van der Waals surface area contributed by atoms with E-state index in [0.29, 0.717) is 0 Å². The summed E-state index contributed by atoms with van der Waals surface area (Å²) in [6.07, 6.45) is 7.18. The third-order valence-electron chi connectivity index (χ3n) is 2.59. The molecule has 0 unspecified atom stereocenters. The molecule has 1 aliphatic heterocycles. The summed E-state index contributed by atoms with van der Waals surface area (Å²) in [5.41, 5.74) is 1.80. The first kappa shape index (κ1) is 9.01. The lowest BCUT2D eigenvalue weighted by molar-refractivity contribution is 0.597. The van der Waals surface area contributed by atoms with Crippen molar-refractivity contribution >= 4 is 23.5 Å². The summed E-state index contributed by atoms with van der Waals surface area (Å²) in [6.45, 7) is 0. The molecule has 0 aromatic heterocycles. The molecule has 1 aliphatic carbocycles. The summed E-state index contributed by atoms with van der Waals surface area (Å²) in [7, 11) is 0. The van der Waals surface area contributed by atoms with E-state index in [9.17, 15) is 0 Å². The van der Waals surface area contributed by atoms with E-state index in [1.807, 2.05) is 0 Å².